The molecule has 1 unspecified atom stereocenters. The molecule has 1 N–H and O–H groups in total. The molecule has 0 bridgehead atoms. The van der Waals surface area contributed by atoms with Crippen LogP contribution in [0.3, 0.4) is 0 Å². The van der Waals surface area contributed by atoms with Crippen molar-refractivity contribution in [3.05, 3.63) is 0 Å². The minimum atomic E-state index is -0.606. The van der Waals surface area contributed by atoms with Crippen LogP contribution < -0.4 is 0 Å². The zero-order valence-electron chi connectivity index (χ0n) is 10.4. The second kappa shape index (κ2) is 4.74. The van der Waals surface area contributed by atoms with Crippen molar-refractivity contribution in [1.29, 1.82) is 0 Å². The molecule has 1 aliphatic carbocycles. The fraction of sp³-hybridized carbons (Fsp3) is 0.923. The third-order valence-electron chi connectivity index (χ3n) is 4.23. The summed E-state index contributed by atoms with van der Waals surface area (Å²) in [6, 6.07) is -0.187. The molecule has 1 aliphatic heterocycles. The molecule has 3 nitrogen and oxygen atoms in total. The summed E-state index contributed by atoms with van der Waals surface area (Å²) in [5.41, 5.74) is 0. The van der Waals surface area contributed by atoms with E-state index < -0.39 is 5.97 Å². The Balaban J connectivity index is 1.89. The Kier molecular flexibility index (Phi) is 3.53. The summed E-state index contributed by atoms with van der Waals surface area (Å²) in [5.74, 6) is 1.37. The monoisotopic (exact) mass is 225 g/mol. The van der Waals surface area contributed by atoms with Crippen LogP contribution in [0.1, 0.15) is 39.5 Å². The average molecular weight is 225 g/mol. The van der Waals surface area contributed by atoms with Gasteiger partial charge in [-0.3, -0.25) is 9.69 Å². The molecule has 92 valence electrons. The van der Waals surface area contributed by atoms with Crippen LogP contribution in [0.5, 0.6) is 0 Å². The maximum Gasteiger partial charge on any atom is 0.321 e. The van der Waals surface area contributed by atoms with Gasteiger partial charge >= 0.3 is 5.97 Å². The minimum absolute atomic E-state index is 0.187. The van der Waals surface area contributed by atoms with Gasteiger partial charge in [0.05, 0.1) is 0 Å². The van der Waals surface area contributed by atoms with Gasteiger partial charge in [-0.05, 0) is 56.5 Å². The summed E-state index contributed by atoms with van der Waals surface area (Å²) in [5, 5.41) is 9.27. The van der Waals surface area contributed by atoms with Gasteiger partial charge in [0.15, 0.2) is 0 Å². The lowest BCUT2D eigenvalue weighted by Gasteiger charge is -2.37. The van der Waals surface area contributed by atoms with E-state index in [1.54, 1.807) is 0 Å². The Morgan fingerprint density at radius 2 is 1.69 bits per heavy atom. The summed E-state index contributed by atoms with van der Waals surface area (Å²) in [4.78, 5) is 13.5. The van der Waals surface area contributed by atoms with E-state index in [0.717, 1.165) is 37.8 Å². The van der Waals surface area contributed by atoms with Gasteiger partial charge in [0.2, 0.25) is 0 Å². The third kappa shape index (κ3) is 2.57. The summed E-state index contributed by atoms with van der Waals surface area (Å²) >= 11 is 0. The molecule has 1 atom stereocenters. The first-order valence-corrected chi connectivity index (χ1v) is 6.56. The van der Waals surface area contributed by atoms with Crippen LogP contribution in [-0.2, 0) is 4.79 Å². The highest BCUT2D eigenvalue weighted by Gasteiger charge is 2.41. The first-order chi connectivity index (χ1) is 7.59. The first-order valence-electron chi connectivity index (χ1n) is 6.56. The lowest BCUT2D eigenvalue weighted by atomic mass is 9.86. The number of carboxylic acids is 1. The fourth-order valence-electron chi connectivity index (χ4n) is 2.93. The van der Waals surface area contributed by atoms with Crippen LogP contribution in [0.2, 0.25) is 0 Å². The molecule has 2 aliphatic rings. The lowest BCUT2D eigenvalue weighted by molar-refractivity contribution is -0.145. The maximum absolute atomic E-state index is 11.3. The van der Waals surface area contributed by atoms with Gasteiger partial charge in [-0.25, -0.2) is 0 Å². The minimum Gasteiger partial charge on any atom is -0.480 e. The Labute approximate surface area is 97.8 Å². The Hall–Kier alpha value is -0.570. The van der Waals surface area contributed by atoms with Crippen LogP contribution in [0.25, 0.3) is 0 Å². The van der Waals surface area contributed by atoms with Crippen LogP contribution in [0.4, 0.5) is 0 Å². The van der Waals surface area contributed by atoms with Crippen molar-refractivity contribution >= 4 is 5.97 Å². The molecule has 0 spiro atoms. The maximum atomic E-state index is 11.3. The van der Waals surface area contributed by atoms with Gasteiger partial charge in [0, 0.05) is 0 Å². The fourth-order valence-corrected chi connectivity index (χ4v) is 2.93. The standard InChI is InChI=1S/C13H23NO2/c1-9(2)10-5-7-14(8-6-10)12(13(15)16)11-3-4-11/h9-12H,3-8H2,1-2H3,(H,15,16). The SMILES string of the molecule is CC(C)C1CCN(C(C(=O)O)C2CC2)CC1. The summed E-state index contributed by atoms with van der Waals surface area (Å²) < 4.78 is 0. The van der Waals surface area contributed by atoms with Crippen molar-refractivity contribution in [2.45, 2.75) is 45.6 Å². The van der Waals surface area contributed by atoms with Crippen LogP contribution in [0.15, 0.2) is 0 Å². The molecule has 2 fully saturated rings. The Morgan fingerprint density at radius 3 is 2.06 bits per heavy atom. The van der Waals surface area contributed by atoms with Crippen molar-refractivity contribution in [1.82, 2.24) is 4.90 Å². The molecule has 0 aromatic rings. The largest absolute Gasteiger partial charge is 0.480 e. The number of likely N-dealkylation sites (tertiary alicyclic amines) is 1. The number of rotatable bonds is 4. The topological polar surface area (TPSA) is 40.5 Å². The molecule has 1 heterocycles. The van der Waals surface area contributed by atoms with E-state index in [-0.39, 0.29) is 6.04 Å². The Morgan fingerprint density at radius 1 is 1.12 bits per heavy atom. The highest BCUT2D eigenvalue weighted by Crippen LogP contribution is 2.37. The highest BCUT2D eigenvalue weighted by atomic mass is 16.4. The molecule has 0 aromatic carbocycles. The zero-order valence-corrected chi connectivity index (χ0v) is 10.4. The molecule has 0 amide bonds. The van der Waals surface area contributed by atoms with E-state index in [9.17, 15) is 9.90 Å². The van der Waals surface area contributed by atoms with E-state index in [1.807, 2.05) is 0 Å². The molecule has 2 rings (SSSR count). The number of hydrogen-bond acceptors (Lipinski definition) is 2. The molecule has 0 radical (unpaired) electrons. The van der Waals surface area contributed by atoms with Gasteiger partial charge in [-0.15, -0.1) is 0 Å². The van der Waals surface area contributed by atoms with E-state index in [0.29, 0.717) is 5.92 Å². The molecular formula is C13H23NO2. The zero-order chi connectivity index (χ0) is 11.7. The lowest BCUT2D eigenvalue weighted by Crippen LogP contribution is -2.47. The van der Waals surface area contributed by atoms with Gasteiger partial charge in [-0.1, -0.05) is 13.8 Å². The van der Waals surface area contributed by atoms with Crippen molar-refractivity contribution in [3.8, 4) is 0 Å². The van der Waals surface area contributed by atoms with Crippen molar-refractivity contribution < 1.29 is 9.90 Å². The number of aliphatic carboxylic acids is 1. The molecule has 1 saturated carbocycles. The second-order valence-electron chi connectivity index (χ2n) is 5.74. The number of carbonyl (C=O) groups is 1. The molecule has 3 heteroatoms. The third-order valence-corrected chi connectivity index (χ3v) is 4.23. The summed E-state index contributed by atoms with van der Waals surface area (Å²) in [6.07, 6.45) is 4.57. The van der Waals surface area contributed by atoms with E-state index in [1.165, 1.54) is 12.8 Å². The van der Waals surface area contributed by atoms with E-state index in [4.69, 9.17) is 0 Å². The van der Waals surface area contributed by atoms with Crippen molar-refractivity contribution in [2.24, 2.45) is 17.8 Å². The summed E-state index contributed by atoms with van der Waals surface area (Å²) in [6.45, 7) is 6.51. The predicted octanol–water partition coefficient (Wildman–Crippen LogP) is 2.22. The van der Waals surface area contributed by atoms with Gasteiger partial charge in [0.25, 0.3) is 0 Å². The quantitative estimate of drug-likeness (QED) is 0.797. The van der Waals surface area contributed by atoms with Crippen molar-refractivity contribution in [3.63, 3.8) is 0 Å². The van der Waals surface area contributed by atoms with Gasteiger partial charge in [0.1, 0.15) is 6.04 Å². The van der Waals surface area contributed by atoms with Gasteiger partial charge in [-0.2, -0.15) is 0 Å². The highest BCUT2D eigenvalue weighted by molar-refractivity contribution is 5.74. The number of piperidine rings is 1. The number of nitrogens with zero attached hydrogens (tertiary/aromatic N) is 1. The van der Waals surface area contributed by atoms with Crippen LogP contribution in [0, 0.1) is 17.8 Å². The smallest absolute Gasteiger partial charge is 0.321 e. The van der Waals surface area contributed by atoms with Crippen LogP contribution >= 0.6 is 0 Å². The van der Waals surface area contributed by atoms with E-state index >= 15 is 0 Å². The van der Waals surface area contributed by atoms with Crippen LogP contribution in [-0.4, -0.2) is 35.1 Å². The Bertz CT molecular complexity index is 253. The average Bonchev–Trinajstić information content (AvgIpc) is 3.02. The van der Waals surface area contributed by atoms with Gasteiger partial charge < -0.3 is 5.11 Å². The molecule has 1 saturated heterocycles. The number of carboxylic acid groups (broad SMARTS) is 1. The normalized spacial score (nSPS) is 25.9. The number of hydrogen-bond donors (Lipinski definition) is 1. The summed E-state index contributed by atoms with van der Waals surface area (Å²) in [7, 11) is 0. The van der Waals surface area contributed by atoms with Crippen molar-refractivity contribution in [2.75, 3.05) is 13.1 Å². The molecular weight excluding hydrogens is 202 g/mol. The first kappa shape index (κ1) is 11.9. The second-order valence-corrected chi connectivity index (χ2v) is 5.74. The van der Waals surface area contributed by atoms with E-state index in [2.05, 4.69) is 18.7 Å². The predicted molar refractivity (Wildman–Crippen MR) is 63.3 cm³/mol. The molecule has 16 heavy (non-hydrogen) atoms. The molecule has 0 aromatic heterocycles.